The molecule has 34 heavy (non-hydrogen) atoms. The molecule has 176 valence electrons. The van der Waals surface area contributed by atoms with E-state index in [0.29, 0.717) is 27.7 Å². The Morgan fingerprint density at radius 3 is 2.62 bits per heavy atom. The number of anilines is 2. The fraction of sp³-hybridized carbons (Fsp3) is 0.182. The molecule has 0 unspecified atom stereocenters. The number of rotatable bonds is 6. The molecule has 0 aliphatic rings. The first-order valence-electron chi connectivity index (χ1n) is 10.0. The van der Waals surface area contributed by atoms with Crippen molar-refractivity contribution in [1.82, 2.24) is 19.7 Å². The third kappa shape index (κ3) is 4.56. The fourth-order valence-electron chi connectivity index (χ4n) is 3.71. The Balaban J connectivity index is 1.71. The number of aryl methyl sites for hydroxylation is 1. The molecule has 2 aromatic carbocycles. The minimum atomic E-state index is -4.56. The zero-order valence-corrected chi connectivity index (χ0v) is 17.8. The number of nitrogens with two attached hydrogens (primary N) is 1. The number of carbonyl (C=O) groups excluding carboxylic acids is 2. The lowest BCUT2D eigenvalue weighted by Gasteiger charge is -2.13. The van der Waals surface area contributed by atoms with Crippen LogP contribution in [0.25, 0.3) is 21.7 Å². The molecule has 9 nitrogen and oxygen atoms in total. The summed E-state index contributed by atoms with van der Waals surface area (Å²) in [5.74, 6) is -1.60. The van der Waals surface area contributed by atoms with E-state index < -0.39 is 36.6 Å². The molecule has 0 fully saturated rings. The first-order chi connectivity index (χ1) is 16.0. The standard InChI is InChI=1S/C22H19F3N6O3/c1-30-19-13(9-28-30)7-14(8-15(19)20(26)33)29-16-4-2-3-12-5-6-31(21(34)18(12)16)10-17(32)27-11-22(23,24)25/h2-9,29H,10-11H2,1H3,(H2,26,33)(H,27,32). The van der Waals surface area contributed by atoms with E-state index in [1.165, 1.54) is 16.9 Å². The molecule has 0 spiro atoms. The van der Waals surface area contributed by atoms with Gasteiger partial charge in [-0.3, -0.25) is 19.1 Å². The van der Waals surface area contributed by atoms with Gasteiger partial charge in [-0.2, -0.15) is 18.3 Å². The van der Waals surface area contributed by atoms with Crippen LogP contribution in [0.5, 0.6) is 0 Å². The van der Waals surface area contributed by atoms with Crippen LogP contribution in [0.4, 0.5) is 24.5 Å². The van der Waals surface area contributed by atoms with Gasteiger partial charge in [-0.15, -0.1) is 0 Å². The summed E-state index contributed by atoms with van der Waals surface area (Å²) >= 11 is 0. The van der Waals surface area contributed by atoms with Gasteiger partial charge in [0.15, 0.2) is 0 Å². The molecule has 4 aromatic rings. The highest BCUT2D eigenvalue weighted by Gasteiger charge is 2.27. The molecular weight excluding hydrogens is 453 g/mol. The summed E-state index contributed by atoms with van der Waals surface area (Å²) in [6, 6.07) is 9.89. The van der Waals surface area contributed by atoms with Crippen molar-refractivity contribution in [3.8, 4) is 0 Å². The number of primary amides is 1. The molecule has 2 aromatic heterocycles. The minimum absolute atomic E-state index is 0.223. The second kappa shape index (κ2) is 8.54. The first kappa shape index (κ1) is 22.8. The Morgan fingerprint density at radius 2 is 1.91 bits per heavy atom. The van der Waals surface area contributed by atoms with Crippen molar-refractivity contribution in [2.75, 3.05) is 11.9 Å². The van der Waals surface area contributed by atoms with Gasteiger partial charge in [0.05, 0.1) is 28.4 Å². The molecule has 4 rings (SSSR count). The van der Waals surface area contributed by atoms with Gasteiger partial charge in [-0.25, -0.2) is 0 Å². The monoisotopic (exact) mass is 472 g/mol. The van der Waals surface area contributed by atoms with Crippen LogP contribution in [-0.4, -0.2) is 38.9 Å². The number of nitrogens with one attached hydrogen (secondary N) is 2. The summed E-state index contributed by atoms with van der Waals surface area (Å²) in [6.07, 6.45) is -1.64. The molecule has 4 N–H and O–H groups in total. The third-order valence-electron chi connectivity index (χ3n) is 5.18. The second-order valence-electron chi connectivity index (χ2n) is 7.63. The van der Waals surface area contributed by atoms with Crippen molar-refractivity contribution in [3.05, 3.63) is 64.7 Å². The van der Waals surface area contributed by atoms with E-state index in [2.05, 4.69) is 10.4 Å². The van der Waals surface area contributed by atoms with Gasteiger partial charge < -0.3 is 20.9 Å². The molecule has 2 amide bonds. The number of hydrogen-bond donors (Lipinski definition) is 3. The normalized spacial score (nSPS) is 11.6. The van der Waals surface area contributed by atoms with Crippen molar-refractivity contribution >= 4 is 44.9 Å². The summed E-state index contributed by atoms with van der Waals surface area (Å²) in [5.41, 5.74) is 6.61. The lowest BCUT2D eigenvalue weighted by atomic mass is 10.1. The summed E-state index contributed by atoms with van der Waals surface area (Å²) in [4.78, 5) is 37.0. The molecule has 2 heterocycles. The number of halogens is 3. The number of nitrogens with zero attached hydrogens (tertiary/aromatic N) is 3. The van der Waals surface area contributed by atoms with Crippen LogP contribution in [0.15, 0.2) is 53.6 Å². The van der Waals surface area contributed by atoms with Gasteiger partial charge in [0.2, 0.25) is 5.91 Å². The molecule has 0 radical (unpaired) electrons. The Bertz CT molecular complexity index is 1490. The molecule has 0 aliphatic carbocycles. The number of pyridine rings is 1. The SMILES string of the molecule is Cn1ncc2cc(Nc3cccc4ccn(CC(=O)NCC(F)(F)F)c(=O)c34)cc(C(N)=O)c21. The van der Waals surface area contributed by atoms with Gasteiger partial charge in [-0.1, -0.05) is 12.1 Å². The summed E-state index contributed by atoms with van der Waals surface area (Å²) in [6.45, 7) is -2.06. The number of carbonyl (C=O) groups is 2. The Hall–Kier alpha value is -4.35. The summed E-state index contributed by atoms with van der Waals surface area (Å²) in [5, 5.41) is 10.4. The van der Waals surface area contributed by atoms with E-state index in [0.717, 1.165) is 4.57 Å². The Labute approximate surface area is 189 Å². The van der Waals surface area contributed by atoms with Gasteiger partial charge in [0.25, 0.3) is 11.5 Å². The lowest BCUT2D eigenvalue weighted by Crippen LogP contribution is -2.37. The Kier molecular flexibility index (Phi) is 5.73. The molecule has 12 heteroatoms. The van der Waals surface area contributed by atoms with Crippen LogP contribution >= 0.6 is 0 Å². The van der Waals surface area contributed by atoms with E-state index in [1.807, 2.05) is 0 Å². The molecule has 0 saturated carbocycles. The zero-order valence-electron chi connectivity index (χ0n) is 17.8. The summed E-state index contributed by atoms with van der Waals surface area (Å²) in [7, 11) is 1.68. The van der Waals surface area contributed by atoms with E-state index in [1.54, 1.807) is 48.9 Å². The van der Waals surface area contributed by atoms with Crippen LogP contribution in [0.2, 0.25) is 0 Å². The highest BCUT2D eigenvalue weighted by atomic mass is 19.4. The highest BCUT2D eigenvalue weighted by molar-refractivity contribution is 6.07. The van der Waals surface area contributed by atoms with Gasteiger partial charge in [0, 0.05) is 24.3 Å². The van der Waals surface area contributed by atoms with Crippen molar-refractivity contribution in [3.63, 3.8) is 0 Å². The quantitative estimate of drug-likeness (QED) is 0.398. The number of aromatic nitrogens is 3. The maximum atomic E-state index is 13.1. The average molecular weight is 472 g/mol. The number of hydrogen-bond acceptors (Lipinski definition) is 5. The van der Waals surface area contributed by atoms with Gasteiger partial charge in [-0.05, 0) is 29.7 Å². The van der Waals surface area contributed by atoms with Crippen LogP contribution in [0.1, 0.15) is 10.4 Å². The predicted molar refractivity (Wildman–Crippen MR) is 120 cm³/mol. The maximum Gasteiger partial charge on any atom is 0.405 e. The van der Waals surface area contributed by atoms with E-state index >= 15 is 0 Å². The van der Waals surface area contributed by atoms with Crippen molar-refractivity contribution < 1.29 is 22.8 Å². The van der Waals surface area contributed by atoms with Crippen LogP contribution in [0.3, 0.4) is 0 Å². The zero-order chi connectivity index (χ0) is 24.6. The lowest BCUT2D eigenvalue weighted by molar-refractivity contribution is -0.138. The second-order valence-corrected chi connectivity index (χ2v) is 7.63. The number of amides is 2. The first-order valence-corrected chi connectivity index (χ1v) is 10.0. The number of alkyl halides is 3. The van der Waals surface area contributed by atoms with E-state index in [4.69, 9.17) is 5.73 Å². The molecule has 0 aliphatic heterocycles. The van der Waals surface area contributed by atoms with Gasteiger partial charge >= 0.3 is 6.18 Å². The molecule has 0 bridgehead atoms. The maximum absolute atomic E-state index is 13.1. The third-order valence-corrected chi connectivity index (χ3v) is 5.18. The topological polar surface area (TPSA) is 124 Å². The smallest absolute Gasteiger partial charge is 0.366 e. The fourth-order valence-corrected chi connectivity index (χ4v) is 3.71. The van der Waals surface area contributed by atoms with E-state index in [9.17, 15) is 27.6 Å². The van der Waals surface area contributed by atoms with Crippen LogP contribution in [-0.2, 0) is 18.4 Å². The molecule has 0 atom stereocenters. The minimum Gasteiger partial charge on any atom is -0.366 e. The highest BCUT2D eigenvalue weighted by Crippen LogP contribution is 2.28. The van der Waals surface area contributed by atoms with Crippen molar-refractivity contribution in [1.29, 1.82) is 0 Å². The number of fused-ring (bicyclic) bond motifs is 2. The van der Waals surface area contributed by atoms with Crippen LogP contribution in [0, 0.1) is 0 Å². The largest absolute Gasteiger partial charge is 0.405 e. The van der Waals surface area contributed by atoms with Crippen molar-refractivity contribution in [2.45, 2.75) is 12.7 Å². The summed E-state index contributed by atoms with van der Waals surface area (Å²) < 4.78 is 39.6. The molecule has 0 saturated heterocycles. The number of benzene rings is 2. The average Bonchev–Trinajstić information content (AvgIpc) is 3.14. The van der Waals surface area contributed by atoms with Crippen LogP contribution < -0.4 is 21.9 Å². The van der Waals surface area contributed by atoms with Crippen molar-refractivity contribution in [2.24, 2.45) is 12.8 Å². The van der Waals surface area contributed by atoms with Gasteiger partial charge in [0.1, 0.15) is 13.1 Å². The van der Waals surface area contributed by atoms with E-state index in [-0.39, 0.29) is 10.9 Å². The predicted octanol–water partition coefficient (Wildman–Crippen LogP) is 2.41. The molecular formula is C22H19F3N6O3. The Morgan fingerprint density at radius 1 is 1.15 bits per heavy atom.